The zero-order valence-electron chi connectivity index (χ0n) is 17.7. The SMILES string of the molecule is CCCCCNC(=O)C1CCN(C(=O)[C@@H]2CC(=O)N(c3ccc(C)cc3)C2)CC1. The predicted octanol–water partition coefficient (Wildman–Crippen LogP) is 2.89. The van der Waals surface area contributed by atoms with Crippen molar-refractivity contribution >= 4 is 23.4 Å². The second kappa shape index (κ2) is 9.90. The van der Waals surface area contributed by atoms with Crippen molar-refractivity contribution in [2.45, 2.75) is 52.4 Å². The Hall–Kier alpha value is -2.37. The molecule has 1 aromatic rings. The molecule has 2 saturated heterocycles. The van der Waals surface area contributed by atoms with Crippen LogP contribution in [0.15, 0.2) is 24.3 Å². The lowest BCUT2D eigenvalue weighted by Crippen LogP contribution is -2.45. The average Bonchev–Trinajstić information content (AvgIpc) is 3.13. The van der Waals surface area contributed by atoms with Gasteiger partial charge in [0.05, 0.1) is 5.92 Å². The summed E-state index contributed by atoms with van der Waals surface area (Å²) in [5, 5.41) is 3.03. The van der Waals surface area contributed by atoms with Crippen LogP contribution >= 0.6 is 0 Å². The summed E-state index contributed by atoms with van der Waals surface area (Å²) in [5.74, 6) is -0.115. The molecule has 1 atom stereocenters. The fourth-order valence-corrected chi connectivity index (χ4v) is 4.20. The summed E-state index contributed by atoms with van der Waals surface area (Å²) in [7, 11) is 0. The van der Waals surface area contributed by atoms with E-state index in [9.17, 15) is 14.4 Å². The number of likely N-dealkylation sites (tertiary alicyclic amines) is 1. The van der Waals surface area contributed by atoms with E-state index >= 15 is 0 Å². The summed E-state index contributed by atoms with van der Waals surface area (Å²) < 4.78 is 0. The van der Waals surface area contributed by atoms with Gasteiger partial charge >= 0.3 is 0 Å². The van der Waals surface area contributed by atoms with Crippen molar-refractivity contribution in [3.8, 4) is 0 Å². The molecule has 2 heterocycles. The number of carbonyl (C=O) groups is 3. The van der Waals surface area contributed by atoms with Crippen LogP contribution in [0.1, 0.15) is 51.0 Å². The van der Waals surface area contributed by atoms with Gasteiger partial charge in [0.15, 0.2) is 0 Å². The van der Waals surface area contributed by atoms with E-state index in [4.69, 9.17) is 0 Å². The molecule has 6 heteroatoms. The monoisotopic (exact) mass is 399 g/mol. The van der Waals surface area contributed by atoms with Gasteiger partial charge in [-0.25, -0.2) is 0 Å². The lowest BCUT2D eigenvalue weighted by molar-refractivity contribution is -0.139. The van der Waals surface area contributed by atoms with Gasteiger partial charge in [-0.15, -0.1) is 0 Å². The largest absolute Gasteiger partial charge is 0.356 e. The number of benzene rings is 1. The summed E-state index contributed by atoms with van der Waals surface area (Å²) in [6.45, 7) is 6.54. The second-order valence-corrected chi connectivity index (χ2v) is 8.34. The van der Waals surface area contributed by atoms with E-state index in [-0.39, 0.29) is 36.0 Å². The molecule has 0 aromatic heterocycles. The minimum absolute atomic E-state index is 0.00468. The average molecular weight is 400 g/mol. The number of nitrogens with one attached hydrogen (secondary N) is 1. The molecule has 1 aromatic carbocycles. The first kappa shape index (κ1) is 21.3. The number of anilines is 1. The topological polar surface area (TPSA) is 69.7 Å². The Labute approximate surface area is 173 Å². The van der Waals surface area contributed by atoms with Crippen molar-refractivity contribution in [3.05, 3.63) is 29.8 Å². The molecule has 1 N–H and O–H groups in total. The Bertz CT molecular complexity index is 723. The molecule has 3 rings (SSSR count). The molecule has 0 spiro atoms. The third kappa shape index (κ3) is 5.37. The molecule has 0 bridgehead atoms. The van der Waals surface area contributed by atoms with Gasteiger partial charge in [0.25, 0.3) is 0 Å². The quantitative estimate of drug-likeness (QED) is 0.717. The molecule has 158 valence electrons. The summed E-state index contributed by atoms with van der Waals surface area (Å²) >= 11 is 0. The van der Waals surface area contributed by atoms with Gasteiger partial charge in [0.2, 0.25) is 17.7 Å². The maximum Gasteiger partial charge on any atom is 0.228 e. The minimum Gasteiger partial charge on any atom is -0.356 e. The normalized spacial score (nSPS) is 20.2. The van der Waals surface area contributed by atoms with E-state index < -0.39 is 0 Å². The van der Waals surface area contributed by atoms with Gasteiger partial charge in [-0.2, -0.15) is 0 Å². The maximum absolute atomic E-state index is 12.9. The van der Waals surface area contributed by atoms with Crippen LogP contribution in [0.2, 0.25) is 0 Å². The second-order valence-electron chi connectivity index (χ2n) is 8.34. The Morgan fingerprint density at radius 2 is 1.76 bits per heavy atom. The Kier molecular flexibility index (Phi) is 7.29. The number of hydrogen-bond donors (Lipinski definition) is 1. The number of nitrogens with zero attached hydrogens (tertiary/aromatic N) is 2. The highest BCUT2D eigenvalue weighted by Gasteiger charge is 2.38. The standard InChI is InChI=1S/C23H33N3O3/c1-3-4-5-12-24-22(28)18-10-13-25(14-11-18)23(29)19-15-21(27)26(16-19)20-8-6-17(2)7-9-20/h6-9,18-19H,3-5,10-16H2,1-2H3,(H,24,28)/t19-/m1/s1. The molecular weight excluding hydrogens is 366 g/mol. The first-order chi connectivity index (χ1) is 14.0. The molecule has 0 radical (unpaired) electrons. The highest BCUT2D eigenvalue weighted by molar-refractivity contribution is 6.00. The van der Waals surface area contributed by atoms with Crippen molar-refractivity contribution in [1.82, 2.24) is 10.2 Å². The van der Waals surface area contributed by atoms with E-state index in [1.54, 1.807) is 4.90 Å². The summed E-state index contributed by atoms with van der Waals surface area (Å²) in [4.78, 5) is 41.3. The molecule has 2 aliphatic heterocycles. The van der Waals surface area contributed by atoms with E-state index in [0.29, 0.717) is 32.5 Å². The number of hydrogen-bond acceptors (Lipinski definition) is 3. The van der Waals surface area contributed by atoms with Crippen LogP contribution in [0.4, 0.5) is 5.69 Å². The van der Waals surface area contributed by atoms with Crippen molar-refractivity contribution in [1.29, 1.82) is 0 Å². The summed E-state index contributed by atoms with van der Waals surface area (Å²) in [5.41, 5.74) is 2.00. The van der Waals surface area contributed by atoms with Crippen molar-refractivity contribution < 1.29 is 14.4 Å². The fourth-order valence-electron chi connectivity index (χ4n) is 4.20. The Morgan fingerprint density at radius 3 is 2.41 bits per heavy atom. The predicted molar refractivity (Wildman–Crippen MR) is 113 cm³/mol. The van der Waals surface area contributed by atoms with Crippen LogP contribution in [0.3, 0.4) is 0 Å². The van der Waals surface area contributed by atoms with Gasteiger partial charge in [0.1, 0.15) is 0 Å². The van der Waals surface area contributed by atoms with Gasteiger partial charge in [0, 0.05) is 44.2 Å². The first-order valence-electron chi connectivity index (χ1n) is 10.9. The molecular formula is C23H33N3O3. The molecule has 6 nitrogen and oxygen atoms in total. The summed E-state index contributed by atoms with van der Waals surface area (Å²) in [6.07, 6.45) is 4.97. The number of carbonyl (C=O) groups excluding carboxylic acids is 3. The number of unbranched alkanes of at least 4 members (excludes halogenated alkanes) is 2. The molecule has 0 aliphatic carbocycles. The minimum atomic E-state index is -0.289. The van der Waals surface area contributed by atoms with Gasteiger partial charge < -0.3 is 15.1 Å². The van der Waals surface area contributed by atoms with Crippen LogP contribution in [-0.4, -0.2) is 48.8 Å². The molecule has 29 heavy (non-hydrogen) atoms. The van der Waals surface area contributed by atoms with Crippen LogP contribution in [0, 0.1) is 18.8 Å². The van der Waals surface area contributed by atoms with Crippen LogP contribution in [0.5, 0.6) is 0 Å². The third-order valence-electron chi connectivity index (χ3n) is 6.08. The zero-order chi connectivity index (χ0) is 20.8. The fraction of sp³-hybridized carbons (Fsp3) is 0.609. The Balaban J connectivity index is 1.47. The van der Waals surface area contributed by atoms with Crippen molar-refractivity contribution in [2.75, 3.05) is 31.1 Å². The van der Waals surface area contributed by atoms with Gasteiger partial charge in [-0.05, 0) is 38.3 Å². The number of aryl methyl sites for hydroxylation is 1. The van der Waals surface area contributed by atoms with Crippen LogP contribution in [0.25, 0.3) is 0 Å². The molecule has 3 amide bonds. The lowest BCUT2D eigenvalue weighted by Gasteiger charge is -2.33. The van der Waals surface area contributed by atoms with Crippen LogP contribution in [-0.2, 0) is 14.4 Å². The van der Waals surface area contributed by atoms with E-state index in [1.165, 1.54) is 0 Å². The van der Waals surface area contributed by atoms with Crippen molar-refractivity contribution in [2.24, 2.45) is 11.8 Å². The summed E-state index contributed by atoms with van der Waals surface area (Å²) in [6, 6.07) is 7.83. The zero-order valence-corrected chi connectivity index (χ0v) is 17.7. The number of amides is 3. The maximum atomic E-state index is 12.9. The first-order valence-corrected chi connectivity index (χ1v) is 10.9. The lowest BCUT2D eigenvalue weighted by atomic mass is 9.94. The smallest absolute Gasteiger partial charge is 0.228 e. The van der Waals surface area contributed by atoms with Gasteiger partial charge in [-0.1, -0.05) is 37.5 Å². The van der Waals surface area contributed by atoms with E-state index in [0.717, 1.165) is 37.1 Å². The Morgan fingerprint density at radius 1 is 1.07 bits per heavy atom. The van der Waals surface area contributed by atoms with E-state index in [1.807, 2.05) is 36.1 Å². The van der Waals surface area contributed by atoms with E-state index in [2.05, 4.69) is 12.2 Å². The van der Waals surface area contributed by atoms with Crippen molar-refractivity contribution in [3.63, 3.8) is 0 Å². The third-order valence-corrected chi connectivity index (χ3v) is 6.08. The molecule has 2 aliphatic rings. The van der Waals surface area contributed by atoms with Gasteiger partial charge in [-0.3, -0.25) is 14.4 Å². The number of rotatable bonds is 7. The van der Waals surface area contributed by atoms with Crippen LogP contribution < -0.4 is 10.2 Å². The highest BCUT2D eigenvalue weighted by atomic mass is 16.2. The molecule has 0 saturated carbocycles. The molecule has 2 fully saturated rings. The molecule has 0 unspecified atom stereocenters. The highest BCUT2D eigenvalue weighted by Crippen LogP contribution is 2.28. The number of piperidine rings is 1.